The lowest BCUT2D eigenvalue weighted by Gasteiger charge is -2.19. The molecule has 0 radical (unpaired) electrons. The summed E-state index contributed by atoms with van der Waals surface area (Å²) in [6, 6.07) is 5.54. The van der Waals surface area contributed by atoms with Gasteiger partial charge in [-0.15, -0.1) is 0 Å². The summed E-state index contributed by atoms with van der Waals surface area (Å²) in [5.74, 6) is 0. The summed E-state index contributed by atoms with van der Waals surface area (Å²) in [6.45, 7) is 5.67. The average Bonchev–Trinajstić information content (AvgIpc) is 2.91. The number of nitrogens with one attached hydrogen (secondary N) is 1. The van der Waals surface area contributed by atoms with Crippen LogP contribution < -0.4 is 5.32 Å². The molecule has 1 heterocycles. The normalized spacial score (nSPS) is 22.2. The van der Waals surface area contributed by atoms with E-state index in [2.05, 4.69) is 37.4 Å². The van der Waals surface area contributed by atoms with Gasteiger partial charge in [0.1, 0.15) is 0 Å². The fourth-order valence-electron chi connectivity index (χ4n) is 3.40. The first-order valence-corrected chi connectivity index (χ1v) is 7.75. The van der Waals surface area contributed by atoms with E-state index in [9.17, 15) is 0 Å². The molecule has 19 heavy (non-hydrogen) atoms. The number of hydrogen-bond acceptors (Lipinski definition) is 1. The van der Waals surface area contributed by atoms with Crippen LogP contribution in [0.1, 0.15) is 54.4 Å². The molecule has 1 heteroatoms. The zero-order chi connectivity index (χ0) is 13.2. The van der Waals surface area contributed by atoms with Crippen LogP contribution in [-0.2, 0) is 6.42 Å². The Morgan fingerprint density at radius 1 is 1.16 bits per heavy atom. The molecule has 1 nitrogen and oxygen atoms in total. The van der Waals surface area contributed by atoms with Gasteiger partial charge in [-0.3, -0.25) is 0 Å². The van der Waals surface area contributed by atoms with Gasteiger partial charge >= 0.3 is 0 Å². The van der Waals surface area contributed by atoms with Gasteiger partial charge in [0.05, 0.1) is 0 Å². The van der Waals surface area contributed by atoms with Gasteiger partial charge in [0.25, 0.3) is 0 Å². The van der Waals surface area contributed by atoms with Gasteiger partial charge in [-0.25, -0.2) is 0 Å². The fourth-order valence-corrected chi connectivity index (χ4v) is 3.40. The molecule has 1 saturated heterocycles. The van der Waals surface area contributed by atoms with E-state index in [1.54, 1.807) is 11.1 Å². The van der Waals surface area contributed by atoms with E-state index >= 15 is 0 Å². The average molecular weight is 255 g/mol. The van der Waals surface area contributed by atoms with Gasteiger partial charge in [0.2, 0.25) is 0 Å². The molecule has 1 atom stereocenters. The van der Waals surface area contributed by atoms with E-state index in [0.29, 0.717) is 0 Å². The second kappa shape index (κ2) is 5.50. The van der Waals surface area contributed by atoms with Crippen LogP contribution in [0.15, 0.2) is 17.7 Å². The van der Waals surface area contributed by atoms with Gasteiger partial charge in [-0.05, 0) is 81.2 Å². The lowest BCUT2D eigenvalue weighted by molar-refractivity contribution is 0.553. The highest BCUT2D eigenvalue weighted by Gasteiger charge is 2.16. The summed E-state index contributed by atoms with van der Waals surface area (Å²) >= 11 is 0. The number of rotatable bonds is 3. The first-order chi connectivity index (χ1) is 9.22. The molecule has 0 aromatic heterocycles. The van der Waals surface area contributed by atoms with Crippen molar-refractivity contribution in [1.29, 1.82) is 0 Å². The molecule has 0 bridgehead atoms. The Labute approximate surface area is 117 Å². The maximum absolute atomic E-state index is 3.60. The highest BCUT2D eigenvalue weighted by molar-refractivity contribution is 5.61. The lowest BCUT2D eigenvalue weighted by atomic mass is 9.87. The lowest BCUT2D eigenvalue weighted by Crippen LogP contribution is -2.21. The quantitative estimate of drug-likeness (QED) is 0.855. The van der Waals surface area contributed by atoms with E-state index in [1.807, 2.05) is 0 Å². The maximum Gasteiger partial charge on any atom is 0.00705 e. The molecule has 1 aromatic carbocycles. The molecule has 102 valence electrons. The topological polar surface area (TPSA) is 12.0 Å². The van der Waals surface area contributed by atoms with Crippen molar-refractivity contribution < 1.29 is 0 Å². The SMILES string of the molecule is Cc1cc2c(cc1C)CCC(CCC1CCCN1)=C2. The zero-order valence-electron chi connectivity index (χ0n) is 12.3. The first-order valence-electron chi connectivity index (χ1n) is 7.75. The van der Waals surface area contributed by atoms with E-state index < -0.39 is 0 Å². The Kier molecular flexibility index (Phi) is 3.74. The van der Waals surface area contributed by atoms with Crippen molar-refractivity contribution in [2.24, 2.45) is 0 Å². The van der Waals surface area contributed by atoms with E-state index in [0.717, 1.165) is 6.04 Å². The molecule has 0 saturated carbocycles. The Hall–Kier alpha value is -1.08. The van der Waals surface area contributed by atoms with Crippen molar-refractivity contribution in [3.63, 3.8) is 0 Å². The molecule has 1 aliphatic carbocycles. The Balaban J connectivity index is 1.70. The highest BCUT2D eigenvalue weighted by Crippen LogP contribution is 2.29. The van der Waals surface area contributed by atoms with Crippen LogP contribution >= 0.6 is 0 Å². The monoisotopic (exact) mass is 255 g/mol. The van der Waals surface area contributed by atoms with Gasteiger partial charge in [0.15, 0.2) is 0 Å². The van der Waals surface area contributed by atoms with Crippen molar-refractivity contribution in [3.05, 3.63) is 40.0 Å². The van der Waals surface area contributed by atoms with Crippen LogP contribution in [0.5, 0.6) is 0 Å². The minimum atomic E-state index is 0.780. The van der Waals surface area contributed by atoms with Crippen LogP contribution in [0.3, 0.4) is 0 Å². The molecule has 1 unspecified atom stereocenters. The maximum atomic E-state index is 3.60. The van der Waals surface area contributed by atoms with Crippen LogP contribution in [0.2, 0.25) is 0 Å². The third kappa shape index (κ3) is 2.92. The van der Waals surface area contributed by atoms with Crippen molar-refractivity contribution in [3.8, 4) is 0 Å². The summed E-state index contributed by atoms with van der Waals surface area (Å²) in [5.41, 5.74) is 7.54. The van der Waals surface area contributed by atoms with Crippen molar-refractivity contribution in [1.82, 2.24) is 5.32 Å². The second-order valence-corrected chi connectivity index (χ2v) is 6.27. The van der Waals surface area contributed by atoms with E-state index in [-0.39, 0.29) is 0 Å². The number of aryl methyl sites for hydroxylation is 3. The van der Waals surface area contributed by atoms with Gasteiger partial charge < -0.3 is 5.32 Å². The summed E-state index contributed by atoms with van der Waals surface area (Å²) in [4.78, 5) is 0. The van der Waals surface area contributed by atoms with Crippen LogP contribution in [0, 0.1) is 13.8 Å². The Bertz CT molecular complexity index is 493. The van der Waals surface area contributed by atoms with Crippen LogP contribution in [0.25, 0.3) is 6.08 Å². The summed E-state index contributed by atoms with van der Waals surface area (Å²) in [6.07, 6.45) is 10.3. The molecule has 2 aliphatic rings. The first kappa shape index (κ1) is 12.9. The molecular formula is C18H25N. The van der Waals surface area contributed by atoms with E-state index in [1.165, 1.54) is 61.8 Å². The third-order valence-corrected chi connectivity index (χ3v) is 4.81. The van der Waals surface area contributed by atoms with Crippen molar-refractivity contribution in [2.75, 3.05) is 6.54 Å². The standard InChI is InChI=1S/C18H25N/c1-13-10-16-7-5-15(12-17(16)11-14(13)2)6-8-18-4-3-9-19-18/h10-12,18-19H,3-9H2,1-2H3. The van der Waals surface area contributed by atoms with Crippen molar-refractivity contribution >= 4 is 6.08 Å². The Morgan fingerprint density at radius 3 is 2.79 bits per heavy atom. The minimum absolute atomic E-state index is 0.780. The molecule has 1 aliphatic heterocycles. The van der Waals surface area contributed by atoms with Crippen LogP contribution in [-0.4, -0.2) is 12.6 Å². The smallest absolute Gasteiger partial charge is 0.00705 e. The van der Waals surface area contributed by atoms with Gasteiger partial charge in [-0.1, -0.05) is 23.8 Å². The third-order valence-electron chi connectivity index (χ3n) is 4.81. The molecule has 1 fully saturated rings. The molecule has 1 N–H and O–H groups in total. The number of fused-ring (bicyclic) bond motifs is 1. The molecule has 1 aromatic rings. The van der Waals surface area contributed by atoms with Gasteiger partial charge in [0, 0.05) is 6.04 Å². The zero-order valence-corrected chi connectivity index (χ0v) is 12.3. The van der Waals surface area contributed by atoms with Crippen molar-refractivity contribution in [2.45, 2.75) is 58.4 Å². The predicted octanol–water partition coefficient (Wildman–Crippen LogP) is 4.17. The molecular weight excluding hydrogens is 230 g/mol. The summed E-state index contributed by atoms with van der Waals surface area (Å²) in [7, 11) is 0. The summed E-state index contributed by atoms with van der Waals surface area (Å²) in [5, 5.41) is 3.60. The molecule has 0 spiro atoms. The summed E-state index contributed by atoms with van der Waals surface area (Å²) < 4.78 is 0. The largest absolute Gasteiger partial charge is 0.314 e. The fraction of sp³-hybridized carbons (Fsp3) is 0.556. The molecule has 3 rings (SSSR count). The van der Waals surface area contributed by atoms with E-state index in [4.69, 9.17) is 0 Å². The minimum Gasteiger partial charge on any atom is -0.314 e. The van der Waals surface area contributed by atoms with Crippen LogP contribution in [0.4, 0.5) is 0 Å². The predicted molar refractivity (Wildman–Crippen MR) is 82.5 cm³/mol. The molecule has 0 amide bonds. The number of benzene rings is 1. The number of allylic oxidation sites excluding steroid dienone is 1. The Morgan fingerprint density at radius 2 is 2.00 bits per heavy atom. The highest BCUT2D eigenvalue weighted by atomic mass is 14.9. The second-order valence-electron chi connectivity index (χ2n) is 6.27. The number of hydrogen-bond donors (Lipinski definition) is 1. The van der Waals surface area contributed by atoms with Gasteiger partial charge in [-0.2, -0.15) is 0 Å².